The minimum Gasteiger partial charge on any atom is -0.478 e. The molecule has 1 fully saturated rings. The fraction of sp³-hybridized carbons (Fsp3) is 0.545. The number of aromatic nitrogens is 2. The van der Waals surface area contributed by atoms with Gasteiger partial charge in [0.25, 0.3) is 0 Å². The molecule has 5 heteroatoms. The van der Waals surface area contributed by atoms with Crippen LogP contribution in [0.25, 0.3) is 6.08 Å². The molecular weight excluding hydrogens is 208 g/mol. The summed E-state index contributed by atoms with van der Waals surface area (Å²) in [6, 6.07) is 0. The maximum absolute atomic E-state index is 10.3. The first-order valence-corrected chi connectivity index (χ1v) is 5.41. The number of rotatable bonds is 3. The van der Waals surface area contributed by atoms with Crippen molar-refractivity contribution in [3.8, 4) is 0 Å². The summed E-state index contributed by atoms with van der Waals surface area (Å²) in [5, 5.41) is 16.2. The van der Waals surface area contributed by atoms with Gasteiger partial charge < -0.3 is 9.52 Å². The van der Waals surface area contributed by atoms with E-state index in [2.05, 4.69) is 17.1 Å². The summed E-state index contributed by atoms with van der Waals surface area (Å²) in [6.07, 6.45) is 5.77. The number of hydrogen-bond donors (Lipinski definition) is 1. The van der Waals surface area contributed by atoms with Crippen molar-refractivity contribution in [3.63, 3.8) is 0 Å². The maximum atomic E-state index is 10.3. The Kier molecular flexibility index (Phi) is 3.03. The standard InChI is InChI=1S/C11H14N2O3/c1-7-3-2-4-8(7)11-13-12-9(16-11)5-6-10(14)15/h5-8H,2-4H2,1H3,(H,14,15)/b6-5+. The Hall–Kier alpha value is -1.65. The van der Waals surface area contributed by atoms with E-state index in [9.17, 15) is 4.79 Å². The Bertz CT molecular complexity index is 411. The molecule has 16 heavy (non-hydrogen) atoms. The van der Waals surface area contributed by atoms with Crippen molar-refractivity contribution in [1.82, 2.24) is 10.2 Å². The third-order valence-electron chi connectivity index (χ3n) is 3.00. The molecule has 1 aliphatic carbocycles. The predicted octanol–water partition coefficient (Wildman–Crippen LogP) is 2.07. The molecule has 1 aromatic rings. The molecule has 2 atom stereocenters. The Balaban J connectivity index is 2.10. The topological polar surface area (TPSA) is 76.2 Å². The molecule has 5 nitrogen and oxygen atoms in total. The van der Waals surface area contributed by atoms with Crippen LogP contribution in [0.4, 0.5) is 0 Å². The molecule has 2 rings (SSSR count). The van der Waals surface area contributed by atoms with E-state index in [1.807, 2.05) is 0 Å². The average Bonchev–Trinajstić information content (AvgIpc) is 2.83. The summed E-state index contributed by atoms with van der Waals surface area (Å²) >= 11 is 0. The van der Waals surface area contributed by atoms with Crippen LogP contribution < -0.4 is 0 Å². The number of aliphatic carboxylic acids is 1. The monoisotopic (exact) mass is 222 g/mol. The van der Waals surface area contributed by atoms with Gasteiger partial charge in [-0.05, 0) is 18.8 Å². The quantitative estimate of drug-likeness (QED) is 0.792. The lowest BCUT2D eigenvalue weighted by atomic mass is 9.98. The Morgan fingerprint density at radius 2 is 2.31 bits per heavy atom. The maximum Gasteiger partial charge on any atom is 0.328 e. The normalized spacial score (nSPS) is 25.3. The SMILES string of the molecule is CC1CCCC1c1nnc(/C=C/C(=O)O)o1. The molecule has 1 saturated carbocycles. The van der Waals surface area contributed by atoms with Gasteiger partial charge in [0.1, 0.15) is 0 Å². The first-order valence-electron chi connectivity index (χ1n) is 5.41. The summed E-state index contributed by atoms with van der Waals surface area (Å²) in [5.74, 6) is 0.775. The van der Waals surface area contributed by atoms with Gasteiger partial charge in [-0.2, -0.15) is 0 Å². The van der Waals surface area contributed by atoms with Gasteiger partial charge in [0, 0.05) is 18.1 Å². The summed E-state index contributed by atoms with van der Waals surface area (Å²) in [6.45, 7) is 2.18. The predicted molar refractivity (Wildman–Crippen MR) is 56.7 cm³/mol. The second-order valence-corrected chi connectivity index (χ2v) is 4.16. The summed E-state index contributed by atoms with van der Waals surface area (Å²) < 4.78 is 5.42. The van der Waals surface area contributed by atoms with Gasteiger partial charge in [-0.25, -0.2) is 4.79 Å². The van der Waals surface area contributed by atoms with Gasteiger partial charge in [0.05, 0.1) is 0 Å². The molecule has 1 N–H and O–H groups in total. The minimum atomic E-state index is -1.02. The van der Waals surface area contributed by atoms with Gasteiger partial charge >= 0.3 is 5.97 Å². The van der Waals surface area contributed by atoms with E-state index in [0.29, 0.717) is 17.7 Å². The van der Waals surface area contributed by atoms with Gasteiger partial charge in [-0.3, -0.25) is 0 Å². The summed E-state index contributed by atoms with van der Waals surface area (Å²) in [5.41, 5.74) is 0. The van der Waals surface area contributed by atoms with Crippen molar-refractivity contribution in [2.75, 3.05) is 0 Å². The zero-order chi connectivity index (χ0) is 11.5. The highest BCUT2D eigenvalue weighted by Crippen LogP contribution is 2.38. The second-order valence-electron chi connectivity index (χ2n) is 4.16. The zero-order valence-corrected chi connectivity index (χ0v) is 9.09. The van der Waals surface area contributed by atoms with Crippen LogP contribution in [0.3, 0.4) is 0 Å². The molecule has 0 saturated heterocycles. The van der Waals surface area contributed by atoms with Crippen LogP contribution in [-0.2, 0) is 4.79 Å². The van der Waals surface area contributed by atoms with Crippen LogP contribution in [0.2, 0.25) is 0 Å². The number of hydrogen-bond acceptors (Lipinski definition) is 4. The van der Waals surface area contributed by atoms with Gasteiger partial charge in [0.2, 0.25) is 11.8 Å². The highest BCUT2D eigenvalue weighted by Gasteiger charge is 2.29. The third kappa shape index (κ3) is 2.29. The van der Waals surface area contributed by atoms with Crippen molar-refractivity contribution >= 4 is 12.0 Å². The van der Waals surface area contributed by atoms with E-state index in [0.717, 1.165) is 12.5 Å². The average molecular weight is 222 g/mol. The van der Waals surface area contributed by atoms with Crippen LogP contribution in [0.5, 0.6) is 0 Å². The van der Waals surface area contributed by atoms with Gasteiger partial charge in [-0.1, -0.05) is 13.3 Å². The van der Waals surface area contributed by atoms with E-state index in [1.165, 1.54) is 18.9 Å². The van der Waals surface area contributed by atoms with Crippen LogP contribution in [0.1, 0.15) is 43.9 Å². The molecule has 1 heterocycles. The first kappa shape index (κ1) is 10.9. The van der Waals surface area contributed by atoms with Crippen LogP contribution in [0.15, 0.2) is 10.5 Å². The molecule has 0 radical (unpaired) electrons. The van der Waals surface area contributed by atoms with E-state index < -0.39 is 5.97 Å². The Morgan fingerprint density at radius 1 is 1.50 bits per heavy atom. The van der Waals surface area contributed by atoms with Crippen molar-refractivity contribution in [2.24, 2.45) is 5.92 Å². The molecule has 0 aromatic carbocycles. The van der Waals surface area contributed by atoms with Crippen molar-refractivity contribution < 1.29 is 14.3 Å². The lowest BCUT2D eigenvalue weighted by Gasteiger charge is -2.08. The van der Waals surface area contributed by atoms with Crippen LogP contribution >= 0.6 is 0 Å². The molecule has 2 unspecified atom stereocenters. The fourth-order valence-electron chi connectivity index (χ4n) is 2.12. The molecule has 0 amide bonds. The number of carboxylic acid groups (broad SMARTS) is 1. The van der Waals surface area contributed by atoms with Crippen molar-refractivity contribution in [1.29, 1.82) is 0 Å². The lowest BCUT2D eigenvalue weighted by molar-refractivity contribution is -0.131. The Morgan fingerprint density at radius 3 is 2.94 bits per heavy atom. The van der Waals surface area contributed by atoms with E-state index in [4.69, 9.17) is 9.52 Å². The van der Waals surface area contributed by atoms with Gasteiger partial charge in [-0.15, -0.1) is 10.2 Å². The highest BCUT2D eigenvalue weighted by atomic mass is 16.4. The van der Waals surface area contributed by atoms with Crippen LogP contribution in [-0.4, -0.2) is 21.3 Å². The fourth-order valence-corrected chi connectivity index (χ4v) is 2.12. The van der Waals surface area contributed by atoms with E-state index in [1.54, 1.807) is 0 Å². The molecular formula is C11H14N2O3. The molecule has 0 aliphatic heterocycles. The lowest BCUT2D eigenvalue weighted by Crippen LogP contribution is -2.01. The largest absolute Gasteiger partial charge is 0.478 e. The molecule has 0 spiro atoms. The highest BCUT2D eigenvalue weighted by molar-refractivity contribution is 5.84. The molecule has 1 aliphatic rings. The molecule has 86 valence electrons. The van der Waals surface area contributed by atoms with Gasteiger partial charge in [0.15, 0.2) is 0 Å². The summed E-state index contributed by atoms with van der Waals surface area (Å²) in [7, 11) is 0. The Labute approximate surface area is 93.2 Å². The molecule has 1 aromatic heterocycles. The van der Waals surface area contributed by atoms with E-state index in [-0.39, 0.29) is 5.89 Å². The number of carbonyl (C=O) groups is 1. The number of nitrogens with zero attached hydrogens (tertiary/aromatic N) is 2. The minimum absolute atomic E-state index is 0.261. The zero-order valence-electron chi connectivity index (χ0n) is 9.09. The van der Waals surface area contributed by atoms with Crippen LogP contribution in [0, 0.1) is 5.92 Å². The van der Waals surface area contributed by atoms with Crippen molar-refractivity contribution in [3.05, 3.63) is 17.9 Å². The van der Waals surface area contributed by atoms with Crippen molar-refractivity contribution in [2.45, 2.75) is 32.1 Å². The first-order chi connectivity index (χ1) is 7.66. The second kappa shape index (κ2) is 4.47. The molecule has 0 bridgehead atoms. The third-order valence-corrected chi connectivity index (χ3v) is 3.00. The smallest absolute Gasteiger partial charge is 0.328 e. The summed E-state index contributed by atoms with van der Waals surface area (Å²) in [4.78, 5) is 10.3. The number of carboxylic acids is 1. The van der Waals surface area contributed by atoms with E-state index >= 15 is 0 Å².